The van der Waals surface area contributed by atoms with E-state index in [0.29, 0.717) is 35.4 Å². The van der Waals surface area contributed by atoms with Crippen LogP contribution in [0.15, 0.2) is 9.31 Å². The van der Waals surface area contributed by atoms with E-state index in [4.69, 9.17) is 4.42 Å². The van der Waals surface area contributed by atoms with E-state index in [0.717, 1.165) is 31.4 Å². The molecular formula is C15H26N2O3S. The second-order valence-electron chi connectivity index (χ2n) is 5.93. The maximum absolute atomic E-state index is 12.8. The molecule has 0 radical (unpaired) electrons. The monoisotopic (exact) mass is 314 g/mol. The summed E-state index contributed by atoms with van der Waals surface area (Å²) in [7, 11) is -1.81. The molecule has 1 aliphatic rings. The predicted molar refractivity (Wildman–Crippen MR) is 82.7 cm³/mol. The molecule has 1 N–H and O–H groups in total. The zero-order valence-corrected chi connectivity index (χ0v) is 14.2. The van der Waals surface area contributed by atoms with Gasteiger partial charge in [0.1, 0.15) is 16.4 Å². The van der Waals surface area contributed by atoms with Crippen molar-refractivity contribution in [3.8, 4) is 0 Å². The van der Waals surface area contributed by atoms with Crippen LogP contribution in [0.25, 0.3) is 0 Å². The third kappa shape index (κ3) is 3.67. The molecule has 0 atom stereocenters. The van der Waals surface area contributed by atoms with Gasteiger partial charge >= 0.3 is 0 Å². The highest BCUT2D eigenvalue weighted by Crippen LogP contribution is 2.33. The van der Waals surface area contributed by atoms with Crippen LogP contribution in [-0.2, 0) is 16.6 Å². The van der Waals surface area contributed by atoms with Crippen molar-refractivity contribution in [1.82, 2.24) is 9.62 Å². The molecule has 0 bridgehead atoms. The summed E-state index contributed by atoms with van der Waals surface area (Å²) in [5.74, 6) is 1.71. The molecular weight excluding hydrogens is 288 g/mol. The van der Waals surface area contributed by atoms with Crippen LogP contribution in [0.2, 0.25) is 0 Å². The Hall–Kier alpha value is -0.850. The molecule has 1 fully saturated rings. The molecule has 6 heteroatoms. The lowest BCUT2D eigenvalue weighted by atomic mass is 10.2. The summed E-state index contributed by atoms with van der Waals surface area (Å²) >= 11 is 0. The minimum atomic E-state index is -3.47. The van der Waals surface area contributed by atoms with Gasteiger partial charge in [0, 0.05) is 25.7 Å². The summed E-state index contributed by atoms with van der Waals surface area (Å²) < 4.78 is 32.7. The normalized spacial score (nSPS) is 15.9. The summed E-state index contributed by atoms with van der Waals surface area (Å²) in [6.45, 7) is 7.64. The average Bonchev–Trinajstić information content (AvgIpc) is 3.15. The molecule has 1 saturated carbocycles. The van der Waals surface area contributed by atoms with Crippen molar-refractivity contribution in [1.29, 1.82) is 0 Å². The Morgan fingerprint density at radius 3 is 2.52 bits per heavy atom. The average molecular weight is 314 g/mol. The van der Waals surface area contributed by atoms with Gasteiger partial charge in [0.15, 0.2) is 0 Å². The third-order valence-corrected chi connectivity index (χ3v) is 5.95. The quantitative estimate of drug-likeness (QED) is 0.749. The maximum Gasteiger partial charge on any atom is 0.246 e. The van der Waals surface area contributed by atoms with Crippen LogP contribution in [0.3, 0.4) is 0 Å². The SMILES string of the molecule is CCCNCc1c(C)oc(C)c1S(=O)(=O)N(C)CC1CC1. The molecule has 1 heterocycles. The van der Waals surface area contributed by atoms with Crippen LogP contribution in [-0.4, -0.2) is 32.9 Å². The van der Waals surface area contributed by atoms with Crippen LogP contribution in [0.4, 0.5) is 0 Å². The van der Waals surface area contributed by atoms with Crippen LogP contribution in [0.5, 0.6) is 0 Å². The van der Waals surface area contributed by atoms with Gasteiger partial charge in [-0.25, -0.2) is 12.7 Å². The summed E-state index contributed by atoms with van der Waals surface area (Å²) in [6.07, 6.45) is 3.28. The van der Waals surface area contributed by atoms with Gasteiger partial charge in [0.25, 0.3) is 0 Å². The molecule has 1 aromatic heterocycles. The molecule has 0 aromatic carbocycles. The molecule has 0 saturated heterocycles. The number of aryl methyl sites for hydroxylation is 2. The highest BCUT2D eigenvalue weighted by molar-refractivity contribution is 7.89. The van der Waals surface area contributed by atoms with E-state index >= 15 is 0 Å². The zero-order chi connectivity index (χ0) is 15.6. The smallest absolute Gasteiger partial charge is 0.246 e. The van der Waals surface area contributed by atoms with Crippen LogP contribution < -0.4 is 5.32 Å². The number of sulfonamides is 1. The van der Waals surface area contributed by atoms with Crippen LogP contribution in [0, 0.1) is 19.8 Å². The van der Waals surface area contributed by atoms with Crippen molar-refractivity contribution in [2.75, 3.05) is 20.1 Å². The fourth-order valence-electron chi connectivity index (χ4n) is 2.56. The summed E-state index contributed by atoms with van der Waals surface area (Å²) in [5, 5.41) is 3.27. The standard InChI is InChI=1S/C15H26N2O3S/c1-5-8-16-9-14-11(2)20-12(3)15(14)21(18,19)17(4)10-13-6-7-13/h13,16H,5-10H2,1-4H3. The van der Waals surface area contributed by atoms with Crippen LogP contribution in [0.1, 0.15) is 43.3 Å². The van der Waals surface area contributed by atoms with E-state index in [-0.39, 0.29) is 0 Å². The van der Waals surface area contributed by atoms with Crippen molar-refractivity contribution in [2.24, 2.45) is 5.92 Å². The lowest BCUT2D eigenvalue weighted by Gasteiger charge is -2.17. The van der Waals surface area contributed by atoms with E-state index < -0.39 is 10.0 Å². The Labute approximate surface area is 127 Å². The van der Waals surface area contributed by atoms with Gasteiger partial charge in [-0.15, -0.1) is 0 Å². The minimum absolute atomic E-state index is 0.353. The van der Waals surface area contributed by atoms with Crippen molar-refractivity contribution in [2.45, 2.75) is 51.5 Å². The lowest BCUT2D eigenvalue weighted by molar-refractivity contribution is 0.447. The second kappa shape index (κ2) is 6.50. The molecule has 120 valence electrons. The van der Waals surface area contributed by atoms with E-state index in [9.17, 15) is 8.42 Å². The van der Waals surface area contributed by atoms with Gasteiger partial charge < -0.3 is 9.73 Å². The molecule has 0 amide bonds. The number of furan rings is 1. The minimum Gasteiger partial charge on any atom is -0.465 e. The Bertz CT molecular complexity index is 588. The molecule has 0 spiro atoms. The van der Waals surface area contributed by atoms with Gasteiger partial charge in [0.2, 0.25) is 10.0 Å². The lowest BCUT2D eigenvalue weighted by Crippen LogP contribution is -2.30. The van der Waals surface area contributed by atoms with Gasteiger partial charge in [-0.3, -0.25) is 0 Å². The highest BCUT2D eigenvalue weighted by atomic mass is 32.2. The summed E-state index contributed by atoms with van der Waals surface area (Å²) in [5.41, 5.74) is 0.767. The van der Waals surface area contributed by atoms with Crippen molar-refractivity contribution in [3.63, 3.8) is 0 Å². The molecule has 0 aliphatic heterocycles. The van der Waals surface area contributed by atoms with E-state index in [1.54, 1.807) is 14.0 Å². The Balaban J connectivity index is 2.27. The van der Waals surface area contributed by atoms with E-state index in [2.05, 4.69) is 12.2 Å². The molecule has 2 rings (SSSR count). The largest absolute Gasteiger partial charge is 0.465 e. The zero-order valence-electron chi connectivity index (χ0n) is 13.4. The van der Waals surface area contributed by atoms with Gasteiger partial charge in [-0.1, -0.05) is 6.92 Å². The first-order valence-electron chi connectivity index (χ1n) is 7.63. The number of hydrogen-bond donors (Lipinski definition) is 1. The fourth-order valence-corrected chi connectivity index (χ4v) is 4.21. The summed E-state index contributed by atoms with van der Waals surface area (Å²) in [4.78, 5) is 0.353. The number of hydrogen-bond acceptors (Lipinski definition) is 4. The highest BCUT2D eigenvalue weighted by Gasteiger charge is 2.33. The molecule has 0 unspecified atom stereocenters. The Morgan fingerprint density at radius 2 is 1.95 bits per heavy atom. The first-order chi connectivity index (χ1) is 9.87. The van der Waals surface area contributed by atoms with E-state index in [1.165, 1.54) is 4.31 Å². The van der Waals surface area contributed by atoms with Gasteiger partial charge in [0.05, 0.1) is 0 Å². The number of nitrogens with one attached hydrogen (secondary N) is 1. The maximum atomic E-state index is 12.8. The van der Waals surface area contributed by atoms with E-state index in [1.807, 2.05) is 6.92 Å². The van der Waals surface area contributed by atoms with Crippen molar-refractivity contribution in [3.05, 3.63) is 17.1 Å². The summed E-state index contributed by atoms with van der Waals surface area (Å²) in [6, 6.07) is 0. The predicted octanol–water partition coefficient (Wildman–Crippen LogP) is 2.43. The molecule has 21 heavy (non-hydrogen) atoms. The fraction of sp³-hybridized carbons (Fsp3) is 0.733. The third-order valence-electron chi connectivity index (χ3n) is 3.93. The van der Waals surface area contributed by atoms with Crippen molar-refractivity contribution >= 4 is 10.0 Å². The Morgan fingerprint density at radius 1 is 1.29 bits per heavy atom. The molecule has 1 aromatic rings. The molecule has 1 aliphatic carbocycles. The van der Waals surface area contributed by atoms with Crippen LogP contribution >= 0.6 is 0 Å². The number of nitrogens with zero attached hydrogens (tertiary/aromatic N) is 1. The molecule has 5 nitrogen and oxygen atoms in total. The first kappa shape index (κ1) is 16.5. The Kier molecular flexibility index (Phi) is 5.11. The first-order valence-corrected chi connectivity index (χ1v) is 9.07. The topological polar surface area (TPSA) is 62.6 Å². The van der Waals surface area contributed by atoms with Gasteiger partial charge in [-0.2, -0.15) is 0 Å². The van der Waals surface area contributed by atoms with Crippen molar-refractivity contribution < 1.29 is 12.8 Å². The van der Waals surface area contributed by atoms with Gasteiger partial charge in [-0.05, 0) is 45.6 Å². The second-order valence-corrected chi connectivity index (χ2v) is 7.91. The number of rotatable bonds is 8.